The van der Waals surface area contributed by atoms with Gasteiger partial charge >= 0.3 is 0 Å². The van der Waals surface area contributed by atoms with E-state index in [2.05, 4.69) is 10.3 Å². The third-order valence-corrected chi connectivity index (χ3v) is 6.54. The first-order chi connectivity index (χ1) is 15.5. The molecule has 0 saturated carbocycles. The third-order valence-electron chi connectivity index (χ3n) is 5.38. The van der Waals surface area contributed by atoms with Gasteiger partial charge in [0.25, 0.3) is 0 Å². The number of benzene rings is 2. The monoisotopic (exact) mass is 468 g/mol. The number of nitrogens with zero attached hydrogens (tertiary/aromatic N) is 3. The van der Waals surface area contributed by atoms with E-state index in [0.29, 0.717) is 52.2 Å². The van der Waals surface area contributed by atoms with Crippen molar-refractivity contribution in [3.63, 3.8) is 0 Å². The number of hydrogen-bond donors (Lipinski definition) is 1. The zero-order chi connectivity index (χ0) is 22.2. The number of anilines is 1. The minimum Gasteiger partial charge on any atom is -0.486 e. The summed E-state index contributed by atoms with van der Waals surface area (Å²) in [6.07, 6.45) is 0. The maximum Gasteiger partial charge on any atom is 0.227 e. The molecule has 5 rings (SSSR count). The number of allylic oxidation sites excluding steroid dienone is 2. The van der Waals surface area contributed by atoms with Gasteiger partial charge in [-0.3, -0.25) is 4.79 Å². The van der Waals surface area contributed by atoms with Crippen molar-refractivity contribution in [2.75, 3.05) is 18.5 Å². The topological polar surface area (TPSA) is 78.3 Å². The molecule has 3 aromatic rings. The second-order valence-corrected chi connectivity index (χ2v) is 8.98. The summed E-state index contributed by atoms with van der Waals surface area (Å²) in [5.41, 5.74) is 3.43. The van der Waals surface area contributed by atoms with Crippen LogP contribution in [0.5, 0.6) is 11.5 Å². The fraction of sp³-hybridized carbons (Fsp3) is 0.261. The Morgan fingerprint density at radius 1 is 1.19 bits per heavy atom. The van der Waals surface area contributed by atoms with Gasteiger partial charge in [0.15, 0.2) is 17.3 Å². The third kappa shape index (κ3) is 3.96. The first-order valence-corrected chi connectivity index (χ1v) is 11.6. The number of fused-ring (bicyclic) bond motifs is 2. The number of nitrogens with one attached hydrogen (secondary N) is 1. The van der Waals surface area contributed by atoms with E-state index in [-0.39, 0.29) is 5.78 Å². The van der Waals surface area contributed by atoms with Crippen LogP contribution in [0.25, 0.3) is 0 Å². The quantitative estimate of drug-likeness (QED) is 0.535. The number of thioether (sulfide) groups is 1. The number of carbonyl (C=O) groups excluding carboxylic acids is 1. The zero-order valence-corrected chi connectivity index (χ0v) is 19.2. The normalized spacial score (nSPS) is 17.0. The van der Waals surface area contributed by atoms with Gasteiger partial charge in [-0.1, -0.05) is 41.6 Å². The van der Waals surface area contributed by atoms with Crippen molar-refractivity contribution in [3.8, 4) is 11.5 Å². The lowest BCUT2D eigenvalue weighted by Gasteiger charge is -2.29. The lowest BCUT2D eigenvalue weighted by molar-refractivity contribution is -0.114. The molecule has 1 aromatic heterocycles. The number of ketones is 1. The highest BCUT2D eigenvalue weighted by Gasteiger charge is 2.33. The Kier molecular flexibility index (Phi) is 5.57. The minimum absolute atomic E-state index is 0.0218. The van der Waals surface area contributed by atoms with Gasteiger partial charge in [0.05, 0.1) is 0 Å². The number of ether oxygens (including phenoxy) is 2. The molecule has 9 heteroatoms. The molecular formula is C23H21ClN4O3S. The van der Waals surface area contributed by atoms with Crippen LogP contribution in [-0.4, -0.2) is 33.8 Å². The number of Topliss-reactive ketones (excluding diaryl/α,β-unsaturated/α-hetero) is 1. The molecule has 2 aromatic carbocycles. The summed E-state index contributed by atoms with van der Waals surface area (Å²) >= 11 is 7.51. The van der Waals surface area contributed by atoms with Crippen molar-refractivity contribution >= 4 is 35.1 Å². The summed E-state index contributed by atoms with van der Waals surface area (Å²) in [6, 6.07) is 13.1. The second-order valence-electron chi connectivity index (χ2n) is 7.60. The van der Waals surface area contributed by atoms with Crippen LogP contribution in [0.2, 0.25) is 5.02 Å². The summed E-state index contributed by atoms with van der Waals surface area (Å²) in [5, 5.41) is 9.32. The highest BCUT2D eigenvalue weighted by atomic mass is 35.5. The van der Waals surface area contributed by atoms with E-state index in [0.717, 1.165) is 16.8 Å². The number of halogens is 1. The molecule has 0 aliphatic carbocycles. The fourth-order valence-electron chi connectivity index (χ4n) is 3.92. The summed E-state index contributed by atoms with van der Waals surface area (Å²) in [7, 11) is 0. The standard InChI is InChI=1S/C23H21ClN4O3S/c1-13-20(14(2)29)21(16-5-8-18-19(11-16)31-10-9-30-18)28-22(25-13)26-23(27-28)32-12-15-3-6-17(24)7-4-15/h3-8,11,21H,9-10,12H2,1-2H3,(H,25,26,27). The molecular weight excluding hydrogens is 448 g/mol. The van der Waals surface area contributed by atoms with Gasteiger partial charge in [-0.2, -0.15) is 4.98 Å². The van der Waals surface area contributed by atoms with Gasteiger partial charge in [0, 0.05) is 22.0 Å². The maximum absolute atomic E-state index is 12.6. The van der Waals surface area contributed by atoms with E-state index in [1.54, 1.807) is 11.6 Å². The predicted molar refractivity (Wildman–Crippen MR) is 124 cm³/mol. The first-order valence-electron chi connectivity index (χ1n) is 10.2. The molecule has 0 fully saturated rings. The van der Waals surface area contributed by atoms with Crippen LogP contribution in [0.3, 0.4) is 0 Å². The van der Waals surface area contributed by atoms with Gasteiger partial charge < -0.3 is 14.8 Å². The predicted octanol–water partition coefficient (Wildman–Crippen LogP) is 4.87. The average Bonchev–Trinajstić information content (AvgIpc) is 3.19. The van der Waals surface area contributed by atoms with Crippen LogP contribution in [0, 0.1) is 0 Å². The number of aromatic nitrogens is 3. The van der Waals surface area contributed by atoms with Crippen molar-refractivity contribution in [2.24, 2.45) is 0 Å². The Morgan fingerprint density at radius 2 is 1.94 bits per heavy atom. The highest BCUT2D eigenvalue weighted by molar-refractivity contribution is 7.98. The Morgan fingerprint density at radius 3 is 2.69 bits per heavy atom. The second kappa shape index (κ2) is 8.52. The minimum atomic E-state index is -0.406. The van der Waals surface area contributed by atoms with Gasteiger partial charge in [-0.05, 0) is 49.2 Å². The Bertz CT molecular complexity index is 1220. The lowest BCUT2D eigenvalue weighted by Crippen LogP contribution is -2.28. The van der Waals surface area contributed by atoms with E-state index in [1.807, 2.05) is 49.4 Å². The number of hydrogen-bond acceptors (Lipinski definition) is 7. The molecule has 0 spiro atoms. The van der Waals surface area contributed by atoms with Crippen molar-refractivity contribution in [1.82, 2.24) is 14.8 Å². The Balaban J connectivity index is 1.49. The Hall–Kier alpha value is -2.97. The zero-order valence-electron chi connectivity index (χ0n) is 17.6. The van der Waals surface area contributed by atoms with E-state index in [1.165, 1.54) is 11.8 Å². The van der Waals surface area contributed by atoms with Gasteiger partial charge in [-0.15, -0.1) is 5.10 Å². The molecule has 1 atom stereocenters. The largest absolute Gasteiger partial charge is 0.486 e. The smallest absolute Gasteiger partial charge is 0.227 e. The van der Waals surface area contributed by atoms with Gasteiger partial charge in [-0.25, -0.2) is 4.68 Å². The molecule has 0 radical (unpaired) electrons. The molecule has 1 N–H and O–H groups in total. The fourth-order valence-corrected chi connectivity index (χ4v) is 4.83. The molecule has 3 heterocycles. The summed E-state index contributed by atoms with van der Waals surface area (Å²) in [6.45, 7) is 4.49. The van der Waals surface area contributed by atoms with Crippen LogP contribution in [0.15, 0.2) is 58.9 Å². The molecule has 2 aliphatic rings. The number of rotatable bonds is 5. The molecule has 1 unspecified atom stereocenters. The molecule has 0 saturated heterocycles. The molecule has 0 bridgehead atoms. The van der Waals surface area contributed by atoms with Crippen LogP contribution < -0.4 is 14.8 Å². The van der Waals surface area contributed by atoms with E-state index in [9.17, 15) is 4.79 Å². The molecule has 2 aliphatic heterocycles. The van der Waals surface area contributed by atoms with E-state index in [4.69, 9.17) is 26.2 Å². The lowest BCUT2D eigenvalue weighted by atomic mass is 9.93. The van der Waals surface area contributed by atoms with Crippen molar-refractivity contribution in [3.05, 3.63) is 69.9 Å². The highest BCUT2D eigenvalue weighted by Crippen LogP contribution is 2.40. The molecule has 164 valence electrons. The molecule has 7 nitrogen and oxygen atoms in total. The first kappa shape index (κ1) is 20.9. The average molecular weight is 469 g/mol. The van der Waals surface area contributed by atoms with E-state index < -0.39 is 6.04 Å². The maximum atomic E-state index is 12.6. The summed E-state index contributed by atoms with van der Waals surface area (Å²) < 4.78 is 13.2. The van der Waals surface area contributed by atoms with Crippen LogP contribution in [-0.2, 0) is 10.5 Å². The molecule has 32 heavy (non-hydrogen) atoms. The summed E-state index contributed by atoms with van der Waals surface area (Å²) in [4.78, 5) is 17.3. The van der Waals surface area contributed by atoms with Gasteiger partial charge in [0.1, 0.15) is 19.3 Å². The van der Waals surface area contributed by atoms with Crippen LogP contribution in [0.4, 0.5) is 5.95 Å². The van der Waals surface area contributed by atoms with E-state index >= 15 is 0 Å². The van der Waals surface area contributed by atoms with Crippen molar-refractivity contribution < 1.29 is 14.3 Å². The Labute approximate surface area is 194 Å². The summed E-state index contributed by atoms with van der Waals surface area (Å²) in [5.74, 6) is 2.67. The van der Waals surface area contributed by atoms with Crippen molar-refractivity contribution in [2.45, 2.75) is 30.8 Å². The van der Waals surface area contributed by atoms with Crippen LogP contribution >= 0.6 is 23.4 Å². The number of carbonyl (C=O) groups is 1. The van der Waals surface area contributed by atoms with Gasteiger partial charge in [0.2, 0.25) is 11.1 Å². The SMILES string of the molecule is CC(=O)C1=C(C)Nc2nc(SCc3ccc(Cl)cc3)nn2C1c1ccc2c(c1)OCCO2. The van der Waals surface area contributed by atoms with Crippen molar-refractivity contribution in [1.29, 1.82) is 0 Å². The molecule has 0 amide bonds. The van der Waals surface area contributed by atoms with Crippen LogP contribution in [0.1, 0.15) is 31.0 Å².